The summed E-state index contributed by atoms with van der Waals surface area (Å²) in [5, 5.41) is 0. The Bertz CT molecular complexity index is 569. The van der Waals surface area contributed by atoms with E-state index in [1.807, 2.05) is 31.2 Å². The van der Waals surface area contributed by atoms with Crippen LogP contribution in [0, 0.1) is 0 Å². The minimum absolute atomic E-state index is 0.0574. The summed E-state index contributed by atoms with van der Waals surface area (Å²) in [6, 6.07) is 12.8. The molecule has 1 amide bonds. The zero-order valence-corrected chi connectivity index (χ0v) is 11.1. The summed E-state index contributed by atoms with van der Waals surface area (Å²) >= 11 is 0. The van der Waals surface area contributed by atoms with Crippen molar-refractivity contribution in [3.05, 3.63) is 59.9 Å². The Morgan fingerprint density at radius 3 is 2.68 bits per heavy atom. The molecule has 0 spiro atoms. The molecule has 0 saturated heterocycles. The average molecular weight is 255 g/mol. The van der Waals surface area contributed by atoms with Gasteiger partial charge < -0.3 is 10.6 Å². The first-order valence-electron chi connectivity index (χ1n) is 6.13. The lowest BCUT2D eigenvalue weighted by Crippen LogP contribution is -2.30. The van der Waals surface area contributed by atoms with Crippen molar-refractivity contribution in [1.82, 2.24) is 9.88 Å². The van der Waals surface area contributed by atoms with E-state index in [1.165, 1.54) is 0 Å². The molecule has 2 rings (SSSR count). The van der Waals surface area contributed by atoms with Gasteiger partial charge in [-0.3, -0.25) is 9.78 Å². The summed E-state index contributed by atoms with van der Waals surface area (Å²) in [6.45, 7) is 1.97. The highest BCUT2D eigenvalue weighted by molar-refractivity contribution is 5.92. The number of aromatic nitrogens is 1. The van der Waals surface area contributed by atoms with Gasteiger partial charge in [-0.1, -0.05) is 18.2 Å². The lowest BCUT2D eigenvalue weighted by Gasteiger charge is -2.25. The van der Waals surface area contributed by atoms with Crippen molar-refractivity contribution in [2.45, 2.75) is 13.0 Å². The third-order valence-corrected chi connectivity index (χ3v) is 3.18. The van der Waals surface area contributed by atoms with Crippen LogP contribution in [0.1, 0.15) is 29.0 Å². The highest BCUT2D eigenvalue weighted by Gasteiger charge is 2.19. The number of rotatable bonds is 3. The van der Waals surface area contributed by atoms with Gasteiger partial charge in [0.15, 0.2) is 0 Å². The second-order valence-corrected chi connectivity index (χ2v) is 4.48. The second kappa shape index (κ2) is 5.52. The molecule has 4 nitrogen and oxygen atoms in total. The summed E-state index contributed by atoms with van der Waals surface area (Å²) in [7, 11) is 1.77. The number of nitrogens with zero attached hydrogens (tertiary/aromatic N) is 2. The van der Waals surface area contributed by atoms with E-state index < -0.39 is 0 Å². The van der Waals surface area contributed by atoms with Crippen LogP contribution in [0.15, 0.2) is 48.7 Å². The summed E-state index contributed by atoms with van der Waals surface area (Å²) in [6.07, 6.45) is 1.62. The molecule has 0 aliphatic heterocycles. The normalized spacial score (nSPS) is 11.9. The van der Waals surface area contributed by atoms with Crippen LogP contribution < -0.4 is 5.73 Å². The fourth-order valence-electron chi connectivity index (χ4n) is 1.89. The van der Waals surface area contributed by atoms with Gasteiger partial charge in [-0.25, -0.2) is 0 Å². The molecule has 1 unspecified atom stereocenters. The van der Waals surface area contributed by atoms with Gasteiger partial charge in [0.05, 0.1) is 6.04 Å². The predicted molar refractivity (Wildman–Crippen MR) is 75.6 cm³/mol. The van der Waals surface area contributed by atoms with E-state index in [1.54, 1.807) is 36.3 Å². The maximum absolute atomic E-state index is 12.3. The molecule has 0 aliphatic rings. The van der Waals surface area contributed by atoms with Crippen LogP contribution in [-0.4, -0.2) is 22.8 Å². The number of amides is 1. The number of anilines is 1. The van der Waals surface area contributed by atoms with Gasteiger partial charge in [-0.05, 0) is 36.8 Å². The topological polar surface area (TPSA) is 59.2 Å². The number of carbonyl (C=O) groups excluding carboxylic acids is 1. The lowest BCUT2D eigenvalue weighted by molar-refractivity contribution is 0.0736. The number of nitrogen functional groups attached to an aromatic ring is 1. The van der Waals surface area contributed by atoms with Gasteiger partial charge in [0.1, 0.15) is 5.69 Å². The van der Waals surface area contributed by atoms with Gasteiger partial charge in [0.2, 0.25) is 0 Å². The van der Waals surface area contributed by atoms with E-state index in [0.717, 1.165) is 5.56 Å². The fraction of sp³-hybridized carbons (Fsp3) is 0.200. The van der Waals surface area contributed by atoms with Crippen LogP contribution in [0.25, 0.3) is 0 Å². The van der Waals surface area contributed by atoms with E-state index in [-0.39, 0.29) is 11.9 Å². The molecule has 4 heteroatoms. The Morgan fingerprint density at radius 1 is 1.26 bits per heavy atom. The van der Waals surface area contributed by atoms with E-state index in [2.05, 4.69) is 4.98 Å². The summed E-state index contributed by atoms with van der Waals surface area (Å²) in [4.78, 5) is 18.0. The molecular weight excluding hydrogens is 238 g/mol. The zero-order valence-electron chi connectivity index (χ0n) is 11.1. The fourth-order valence-corrected chi connectivity index (χ4v) is 1.89. The Kier molecular flexibility index (Phi) is 3.80. The van der Waals surface area contributed by atoms with Crippen molar-refractivity contribution in [3.8, 4) is 0 Å². The molecule has 0 bridgehead atoms. The van der Waals surface area contributed by atoms with Gasteiger partial charge in [0.25, 0.3) is 5.91 Å². The summed E-state index contributed by atoms with van der Waals surface area (Å²) in [5.74, 6) is -0.101. The van der Waals surface area contributed by atoms with Crippen LogP contribution in [-0.2, 0) is 0 Å². The molecule has 98 valence electrons. The molecule has 19 heavy (non-hydrogen) atoms. The first-order valence-corrected chi connectivity index (χ1v) is 6.13. The van der Waals surface area contributed by atoms with Crippen molar-refractivity contribution < 1.29 is 4.79 Å². The van der Waals surface area contributed by atoms with Crippen LogP contribution in [0.5, 0.6) is 0 Å². The minimum Gasteiger partial charge on any atom is -0.399 e. The van der Waals surface area contributed by atoms with Crippen molar-refractivity contribution in [2.75, 3.05) is 12.8 Å². The number of hydrogen-bond acceptors (Lipinski definition) is 3. The number of hydrogen-bond donors (Lipinski definition) is 1. The van der Waals surface area contributed by atoms with Crippen LogP contribution in [0.4, 0.5) is 5.69 Å². The molecule has 0 aliphatic carbocycles. The van der Waals surface area contributed by atoms with Crippen molar-refractivity contribution in [1.29, 1.82) is 0 Å². The summed E-state index contributed by atoms with van der Waals surface area (Å²) < 4.78 is 0. The molecule has 1 heterocycles. The molecular formula is C15H17N3O. The maximum Gasteiger partial charge on any atom is 0.272 e. The molecule has 1 aromatic heterocycles. The smallest absolute Gasteiger partial charge is 0.272 e. The predicted octanol–water partition coefficient (Wildman–Crippen LogP) is 2.50. The molecule has 2 N–H and O–H groups in total. The third kappa shape index (κ3) is 2.91. The Labute approximate surface area is 112 Å². The number of benzene rings is 1. The third-order valence-electron chi connectivity index (χ3n) is 3.18. The standard InChI is InChI=1S/C15H17N3O/c1-11(12-6-5-7-13(16)10-12)18(2)15(19)14-8-3-4-9-17-14/h3-11H,16H2,1-2H3. The monoisotopic (exact) mass is 255 g/mol. The van der Waals surface area contributed by atoms with E-state index in [9.17, 15) is 4.79 Å². The highest BCUT2D eigenvalue weighted by Crippen LogP contribution is 2.21. The first kappa shape index (κ1) is 13.1. The maximum atomic E-state index is 12.3. The molecule has 0 fully saturated rings. The number of pyridine rings is 1. The SMILES string of the molecule is CC(c1cccc(N)c1)N(C)C(=O)c1ccccn1. The molecule has 0 saturated carbocycles. The first-order chi connectivity index (χ1) is 9.09. The van der Waals surface area contributed by atoms with Crippen LogP contribution >= 0.6 is 0 Å². The van der Waals surface area contributed by atoms with Crippen LogP contribution in [0.2, 0.25) is 0 Å². The van der Waals surface area contributed by atoms with Crippen molar-refractivity contribution in [2.24, 2.45) is 0 Å². The number of nitrogens with two attached hydrogens (primary N) is 1. The Morgan fingerprint density at radius 2 is 2.05 bits per heavy atom. The Hall–Kier alpha value is -2.36. The summed E-state index contributed by atoms with van der Waals surface area (Å²) in [5.41, 5.74) is 7.92. The van der Waals surface area contributed by atoms with Gasteiger partial charge >= 0.3 is 0 Å². The zero-order chi connectivity index (χ0) is 13.8. The van der Waals surface area contributed by atoms with E-state index in [4.69, 9.17) is 5.73 Å². The lowest BCUT2D eigenvalue weighted by atomic mass is 10.1. The number of carbonyl (C=O) groups is 1. The van der Waals surface area contributed by atoms with Gasteiger partial charge in [0, 0.05) is 18.9 Å². The van der Waals surface area contributed by atoms with E-state index >= 15 is 0 Å². The second-order valence-electron chi connectivity index (χ2n) is 4.48. The molecule has 1 atom stereocenters. The van der Waals surface area contributed by atoms with E-state index in [0.29, 0.717) is 11.4 Å². The molecule has 0 radical (unpaired) electrons. The minimum atomic E-state index is -0.101. The van der Waals surface area contributed by atoms with Gasteiger partial charge in [-0.2, -0.15) is 0 Å². The molecule has 1 aromatic carbocycles. The Balaban J connectivity index is 2.20. The largest absolute Gasteiger partial charge is 0.399 e. The molecule has 2 aromatic rings. The average Bonchev–Trinajstić information content (AvgIpc) is 2.46. The quantitative estimate of drug-likeness (QED) is 0.857. The highest BCUT2D eigenvalue weighted by atomic mass is 16.2. The van der Waals surface area contributed by atoms with Crippen LogP contribution in [0.3, 0.4) is 0 Å². The van der Waals surface area contributed by atoms with Crippen molar-refractivity contribution >= 4 is 11.6 Å². The van der Waals surface area contributed by atoms with Crippen molar-refractivity contribution in [3.63, 3.8) is 0 Å². The van der Waals surface area contributed by atoms with Gasteiger partial charge in [-0.15, -0.1) is 0 Å².